The zero-order valence-electron chi connectivity index (χ0n) is 11.5. The van der Waals surface area contributed by atoms with E-state index in [2.05, 4.69) is 10.3 Å². The fourth-order valence-corrected chi connectivity index (χ4v) is 1.95. The minimum absolute atomic E-state index is 0.200. The van der Waals surface area contributed by atoms with E-state index in [0.29, 0.717) is 22.2 Å². The molecule has 21 heavy (non-hydrogen) atoms. The number of ether oxygens (including phenoxy) is 2. The molecule has 110 valence electrons. The number of hydrogen-bond acceptors (Lipinski definition) is 5. The Labute approximate surface area is 126 Å². The van der Waals surface area contributed by atoms with E-state index >= 15 is 0 Å². The van der Waals surface area contributed by atoms with Gasteiger partial charge in [0.15, 0.2) is 0 Å². The molecule has 1 heterocycles. The standard InChI is InChI=1S/C14H14ClN3O3/c1-20-11-7-10(12(21-2)6-8(11)15)18-14(19)9-4-3-5-13(16)17-9/h3-7H,1-2H3,(H2,16,17)(H,18,19). The van der Waals surface area contributed by atoms with Gasteiger partial charge >= 0.3 is 0 Å². The average Bonchev–Trinajstić information content (AvgIpc) is 2.48. The fraction of sp³-hybridized carbons (Fsp3) is 0.143. The smallest absolute Gasteiger partial charge is 0.274 e. The molecule has 0 radical (unpaired) electrons. The van der Waals surface area contributed by atoms with Crippen molar-refractivity contribution < 1.29 is 14.3 Å². The summed E-state index contributed by atoms with van der Waals surface area (Å²) in [7, 11) is 2.96. The second-order valence-electron chi connectivity index (χ2n) is 4.09. The van der Waals surface area contributed by atoms with Crippen molar-refractivity contribution in [3.63, 3.8) is 0 Å². The monoisotopic (exact) mass is 307 g/mol. The molecule has 0 aliphatic rings. The van der Waals surface area contributed by atoms with Crippen LogP contribution in [0, 0.1) is 0 Å². The number of carbonyl (C=O) groups excluding carboxylic acids is 1. The normalized spacial score (nSPS) is 10.0. The predicted molar refractivity (Wildman–Crippen MR) is 81.2 cm³/mol. The summed E-state index contributed by atoms with van der Waals surface area (Å²) in [6.45, 7) is 0. The van der Waals surface area contributed by atoms with Crippen molar-refractivity contribution in [2.75, 3.05) is 25.3 Å². The molecule has 2 aromatic rings. The number of hydrogen-bond donors (Lipinski definition) is 2. The largest absolute Gasteiger partial charge is 0.495 e. The van der Waals surface area contributed by atoms with E-state index in [4.69, 9.17) is 26.8 Å². The summed E-state index contributed by atoms with van der Waals surface area (Å²) in [5.74, 6) is 0.694. The third-order valence-electron chi connectivity index (χ3n) is 2.73. The molecule has 0 unspecified atom stereocenters. The van der Waals surface area contributed by atoms with Crippen LogP contribution in [-0.4, -0.2) is 25.1 Å². The Kier molecular flexibility index (Phi) is 4.49. The van der Waals surface area contributed by atoms with Gasteiger partial charge in [-0.25, -0.2) is 4.98 Å². The van der Waals surface area contributed by atoms with Crippen LogP contribution < -0.4 is 20.5 Å². The van der Waals surface area contributed by atoms with Crippen LogP contribution in [0.5, 0.6) is 11.5 Å². The number of benzene rings is 1. The molecular weight excluding hydrogens is 294 g/mol. The molecular formula is C14H14ClN3O3. The molecule has 0 atom stereocenters. The molecule has 0 saturated heterocycles. The molecule has 0 saturated carbocycles. The van der Waals surface area contributed by atoms with E-state index in [-0.39, 0.29) is 11.5 Å². The molecule has 0 bridgehead atoms. The molecule has 7 heteroatoms. The summed E-state index contributed by atoms with van der Waals surface area (Å²) >= 11 is 6.01. The third kappa shape index (κ3) is 3.35. The number of nitrogen functional groups attached to an aromatic ring is 1. The van der Waals surface area contributed by atoms with Crippen molar-refractivity contribution in [3.8, 4) is 11.5 Å². The van der Waals surface area contributed by atoms with Gasteiger partial charge in [-0.05, 0) is 12.1 Å². The first-order valence-corrected chi connectivity index (χ1v) is 6.38. The van der Waals surface area contributed by atoms with Crippen LogP contribution in [0.15, 0.2) is 30.3 Å². The van der Waals surface area contributed by atoms with E-state index < -0.39 is 5.91 Å². The van der Waals surface area contributed by atoms with Gasteiger partial charge < -0.3 is 20.5 Å². The molecule has 0 fully saturated rings. The van der Waals surface area contributed by atoms with Gasteiger partial charge in [0.1, 0.15) is 23.0 Å². The van der Waals surface area contributed by atoms with Gasteiger partial charge in [0, 0.05) is 12.1 Å². The van der Waals surface area contributed by atoms with E-state index in [1.165, 1.54) is 14.2 Å². The number of methoxy groups -OCH3 is 2. The molecule has 1 aromatic heterocycles. The molecule has 0 aliphatic heterocycles. The highest BCUT2D eigenvalue weighted by atomic mass is 35.5. The van der Waals surface area contributed by atoms with Gasteiger partial charge in [-0.15, -0.1) is 0 Å². The van der Waals surface area contributed by atoms with Crippen LogP contribution >= 0.6 is 11.6 Å². The Morgan fingerprint density at radius 1 is 1.24 bits per heavy atom. The average molecular weight is 308 g/mol. The Morgan fingerprint density at radius 3 is 2.57 bits per heavy atom. The minimum Gasteiger partial charge on any atom is -0.495 e. The lowest BCUT2D eigenvalue weighted by atomic mass is 10.2. The minimum atomic E-state index is -0.412. The number of nitrogens with one attached hydrogen (secondary N) is 1. The number of aromatic nitrogens is 1. The maximum Gasteiger partial charge on any atom is 0.274 e. The molecule has 3 N–H and O–H groups in total. The lowest BCUT2D eigenvalue weighted by Crippen LogP contribution is -2.15. The highest BCUT2D eigenvalue weighted by molar-refractivity contribution is 6.32. The number of amides is 1. The molecule has 2 rings (SSSR count). The first kappa shape index (κ1) is 14.9. The van der Waals surface area contributed by atoms with Gasteiger partial charge in [-0.2, -0.15) is 0 Å². The number of halogens is 1. The highest BCUT2D eigenvalue weighted by Gasteiger charge is 2.14. The SMILES string of the molecule is COc1cc(NC(=O)c2cccc(N)n2)c(OC)cc1Cl. The zero-order chi connectivity index (χ0) is 15.4. The van der Waals surface area contributed by atoms with Gasteiger partial charge in [0.25, 0.3) is 5.91 Å². The van der Waals surface area contributed by atoms with Crippen molar-refractivity contribution in [1.82, 2.24) is 4.98 Å². The quantitative estimate of drug-likeness (QED) is 0.906. The van der Waals surface area contributed by atoms with Crippen LogP contribution in [0.1, 0.15) is 10.5 Å². The number of pyridine rings is 1. The summed E-state index contributed by atoms with van der Waals surface area (Å²) in [6.07, 6.45) is 0. The summed E-state index contributed by atoms with van der Waals surface area (Å²) in [5, 5.41) is 3.07. The van der Waals surface area contributed by atoms with Crippen molar-refractivity contribution >= 4 is 29.0 Å². The number of rotatable bonds is 4. The maximum atomic E-state index is 12.2. The van der Waals surface area contributed by atoms with Crippen molar-refractivity contribution in [3.05, 3.63) is 41.0 Å². The highest BCUT2D eigenvalue weighted by Crippen LogP contribution is 2.35. The maximum absolute atomic E-state index is 12.2. The summed E-state index contributed by atoms with van der Waals surface area (Å²) in [6, 6.07) is 7.94. The lowest BCUT2D eigenvalue weighted by Gasteiger charge is -2.13. The topological polar surface area (TPSA) is 86.5 Å². The first-order chi connectivity index (χ1) is 10.0. The summed E-state index contributed by atoms with van der Waals surface area (Å²) in [5.41, 5.74) is 6.18. The molecule has 1 aromatic carbocycles. The predicted octanol–water partition coefficient (Wildman–Crippen LogP) is 2.59. The van der Waals surface area contributed by atoms with E-state index in [9.17, 15) is 4.79 Å². The molecule has 0 spiro atoms. The fourth-order valence-electron chi connectivity index (χ4n) is 1.72. The Balaban J connectivity index is 2.32. The van der Waals surface area contributed by atoms with Crippen LogP contribution in [0.3, 0.4) is 0 Å². The second-order valence-corrected chi connectivity index (χ2v) is 4.50. The van der Waals surface area contributed by atoms with E-state index in [1.54, 1.807) is 30.3 Å². The van der Waals surface area contributed by atoms with E-state index in [1.807, 2.05) is 0 Å². The second kappa shape index (κ2) is 6.32. The lowest BCUT2D eigenvalue weighted by molar-refractivity contribution is 0.102. The van der Waals surface area contributed by atoms with E-state index in [0.717, 1.165) is 0 Å². The Hall–Kier alpha value is -2.47. The van der Waals surface area contributed by atoms with Gasteiger partial charge in [-0.1, -0.05) is 17.7 Å². The van der Waals surface area contributed by atoms with Gasteiger partial charge in [-0.3, -0.25) is 4.79 Å². The van der Waals surface area contributed by atoms with Crippen molar-refractivity contribution in [2.45, 2.75) is 0 Å². The molecule has 0 aliphatic carbocycles. The van der Waals surface area contributed by atoms with Crippen molar-refractivity contribution in [2.24, 2.45) is 0 Å². The Morgan fingerprint density at radius 2 is 1.95 bits per heavy atom. The van der Waals surface area contributed by atoms with Crippen LogP contribution in [0.25, 0.3) is 0 Å². The van der Waals surface area contributed by atoms with Gasteiger partial charge in [0.2, 0.25) is 0 Å². The number of anilines is 2. The van der Waals surface area contributed by atoms with Crippen LogP contribution in [0.2, 0.25) is 5.02 Å². The van der Waals surface area contributed by atoms with Crippen LogP contribution in [-0.2, 0) is 0 Å². The van der Waals surface area contributed by atoms with Crippen LogP contribution in [0.4, 0.5) is 11.5 Å². The number of carbonyl (C=O) groups is 1. The summed E-state index contributed by atoms with van der Waals surface area (Å²) in [4.78, 5) is 16.1. The number of nitrogens with two attached hydrogens (primary N) is 1. The Bertz CT molecular complexity index is 677. The van der Waals surface area contributed by atoms with Gasteiger partial charge in [0.05, 0.1) is 24.9 Å². The summed E-state index contributed by atoms with van der Waals surface area (Å²) < 4.78 is 10.3. The first-order valence-electron chi connectivity index (χ1n) is 6.00. The molecule has 1 amide bonds. The number of nitrogens with zero attached hydrogens (tertiary/aromatic N) is 1. The third-order valence-corrected chi connectivity index (χ3v) is 3.02. The molecule has 6 nitrogen and oxygen atoms in total. The van der Waals surface area contributed by atoms with Crippen molar-refractivity contribution in [1.29, 1.82) is 0 Å². The zero-order valence-corrected chi connectivity index (χ0v) is 12.3.